The van der Waals surface area contributed by atoms with Crippen molar-refractivity contribution in [1.29, 1.82) is 0 Å². The number of thiophene rings is 1. The molecule has 0 fully saturated rings. The summed E-state index contributed by atoms with van der Waals surface area (Å²) in [5.74, 6) is 0. The van der Waals surface area contributed by atoms with E-state index in [0.717, 1.165) is 33.8 Å². The topological polar surface area (TPSA) is 17.8 Å². The molecule has 3 heterocycles. The van der Waals surface area contributed by atoms with Crippen molar-refractivity contribution in [2.24, 2.45) is 0 Å². The van der Waals surface area contributed by atoms with E-state index in [-0.39, 0.29) is 5.41 Å². The first-order chi connectivity index (χ1) is 26.1. The highest BCUT2D eigenvalue weighted by molar-refractivity contribution is 7.26. The summed E-state index contributed by atoms with van der Waals surface area (Å²) >= 11 is 1.94. The van der Waals surface area contributed by atoms with Crippen LogP contribution < -0.4 is 0 Å². The molecule has 0 saturated carbocycles. The number of rotatable bonds is 4. The van der Waals surface area contributed by atoms with Gasteiger partial charge in [-0.1, -0.05) is 147 Å². The molecule has 7 aromatic carbocycles. The van der Waals surface area contributed by atoms with Crippen molar-refractivity contribution >= 4 is 53.3 Å². The second-order valence-corrected chi connectivity index (χ2v) is 15.8. The molecular weight excluding hydrogens is 661 g/mol. The number of fused-ring (bicyclic) bond motifs is 12. The predicted molar refractivity (Wildman–Crippen MR) is 225 cm³/mol. The van der Waals surface area contributed by atoms with E-state index in [9.17, 15) is 0 Å². The Morgan fingerprint density at radius 2 is 1.13 bits per heavy atom. The van der Waals surface area contributed by atoms with Crippen molar-refractivity contribution in [2.45, 2.75) is 19.3 Å². The zero-order valence-corrected chi connectivity index (χ0v) is 30.3. The van der Waals surface area contributed by atoms with E-state index in [4.69, 9.17) is 4.98 Å². The van der Waals surface area contributed by atoms with Crippen LogP contribution in [0.1, 0.15) is 25.0 Å². The normalized spacial score (nSPS) is 13.2. The summed E-state index contributed by atoms with van der Waals surface area (Å²) in [5, 5.41) is 5.34. The Labute approximate surface area is 312 Å². The monoisotopic (exact) mass is 694 g/mol. The van der Waals surface area contributed by atoms with Crippen LogP contribution in [0, 0.1) is 0 Å². The third-order valence-corrected chi connectivity index (χ3v) is 12.5. The van der Waals surface area contributed by atoms with Gasteiger partial charge >= 0.3 is 0 Å². The van der Waals surface area contributed by atoms with Crippen LogP contribution in [-0.2, 0) is 5.41 Å². The zero-order valence-electron chi connectivity index (χ0n) is 29.5. The van der Waals surface area contributed by atoms with Gasteiger partial charge in [0.05, 0.1) is 22.4 Å². The molecule has 10 aromatic rings. The van der Waals surface area contributed by atoms with Gasteiger partial charge in [0.2, 0.25) is 0 Å². The molecule has 3 heteroatoms. The van der Waals surface area contributed by atoms with Gasteiger partial charge in [-0.15, -0.1) is 11.3 Å². The molecule has 0 atom stereocenters. The van der Waals surface area contributed by atoms with Crippen LogP contribution in [0.4, 0.5) is 0 Å². The van der Waals surface area contributed by atoms with Gasteiger partial charge in [-0.25, -0.2) is 4.98 Å². The summed E-state index contributed by atoms with van der Waals surface area (Å²) in [5.41, 5.74) is 15.5. The van der Waals surface area contributed by atoms with Crippen LogP contribution in [0.2, 0.25) is 0 Å². The van der Waals surface area contributed by atoms with E-state index in [2.05, 4.69) is 188 Å². The van der Waals surface area contributed by atoms with Gasteiger partial charge in [-0.2, -0.15) is 0 Å². The number of hydrogen-bond acceptors (Lipinski definition) is 2. The Morgan fingerprint density at radius 3 is 1.89 bits per heavy atom. The zero-order chi connectivity index (χ0) is 35.3. The first kappa shape index (κ1) is 30.3. The van der Waals surface area contributed by atoms with Gasteiger partial charge in [-0.3, -0.25) is 0 Å². The van der Waals surface area contributed by atoms with Crippen LogP contribution in [0.3, 0.4) is 0 Å². The molecular formula is C50H34N2S. The second kappa shape index (κ2) is 11.4. The highest BCUT2D eigenvalue weighted by atomic mass is 32.1. The third-order valence-electron chi connectivity index (χ3n) is 11.4. The second-order valence-electron chi connectivity index (χ2n) is 14.7. The minimum Gasteiger partial charge on any atom is -0.309 e. The average Bonchev–Trinajstić information content (AvgIpc) is 3.84. The Hall–Kier alpha value is -6.29. The number of nitrogens with zero attached hydrogens (tertiary/aromatic N) is 2. The van der Waals surface area contributed by atoms with Crippen molar-refractivity contribution in [2.75, 3.05) is 0 Å². The van der Waals surface area contributed by atoms with E-state index in [0.29, 0.717) is 0 Å². The number of pyridine rings is 1. The van der Waals surface area contributed by atoms with E-state index >= 15 is 0 Å². The highest BCUT2D eigenvalue weighted by Crippen LogP contribution is 2.58. The number of hydrogen-bond donors (Lipinski definition) is 0. The summed E-state index contributed by atoms with van der Waals surface area (Å²) in [6.45, 7) is 4.83. The fourth-order valence-corrected chi connectivity index (χ4v) is 10.2. The fourth-order valence-electron chi connectivity index (χ4n) is 8.96. The van der Waals surface area contributed by atoms with Crippen LogP contribution in [0.25, 0.3) is 92.4 Å². The molecule has 2 nitrogen and oxygen atoms in total. The molecule has 0 bridgehead atoms. The van der Waals surface area contributed by atoms with Gasteiger partial charge in [0, 0.05) is 58.7 Å². The van der Waals surface area contributed by atoms with Crippen LogP contribution >= 0.6 is 11.3 Å². The number of para-hydroxylation sites is 1. The Morgan fingerprint density at radius 1 is 0.528 bits per heavy atom. The van der Waals surface area contributed by atoms with Crippen molar-refractivity contribution in [3.8, 4) is 50.5 Å². The standard InChI is InChI=1S/C50H34N2S/c1-50(2)39-22-12-9-19-36(39)46-47(50)48-44(45-38-21-11-14-24-43(38)53-49(45)46)37-20-10-13-23-42(37)52(48)35-27-25-33(26-28-35)41-30-34(31-15-5-3-6-16-31)29-40(51-41)32-17-7-4-8-18-32/h3-30H,1-2H3. The molecule has 0 aliphatic heterocycles. The minimum atomic E-state index is -0.184. The van der Waals surface area contributed by atoms with Gasteiger partial charge in [0.25, 0.3) is 0 Å². The predicted octanol–water partition coefficient (Wildman–Crippen LogP) is 13.9. The molecule has 0 unspecified atom stereocenters. The number of benzene rings is 7. The van der Waals surface area contributed by atoms with E-state index in [1.54, 1.807) is 0 Å². The first-order valence-corrected chi connectivity index (χ1v) is 19.1. The smallest absolute Gasteiger partial charge is 0.0715 e. The quantitative estimate of drug-likeness (QED) is 0.179. The average molecular weight is 695 g/mol. The summed E-state index contributed by atoms with van der Waals surface area (Å²) in [4.78, 5) is 5.23. The van der Waals surface area contributed by atoms with Gasteiger partial charge in [-0.05, 0) is 64.2 Å². The lowest BCUT2D eigenvalue weighted by Crippen LogP contribution is -2.16. The van der Waals surface area contributed by atoms with E-state index in [1.165, 1.54) is 69.8 Å². The minimum absolute atomic E-state index is 0.184. The fraction of sp³-hybridized carbons (Fsp3) is 0.0600. The van der Waals surface area contributed by atoms with Crippen molar-refractivity contribution < 1.29 is 0 Å². The Bertz CT molecular complexity index is 3000. The molecule has 0 spiro atoms. The lowest BCUT2D eigenvalue weighted by molar-refractivity contribution is 0.664. The number of aromatic nitrogens is 2. The maximum atomic E-state index is 5.23. The van der Waals surface area contributed by atoms with Crippen molar-refractivity contribution in [3.63, 3.8) is 0 Å². The molecule has 0 radical (unpaired) electrons. The largest absolute Gasteiger partial charge is 0.309 e. The van der Waals surface area contributed by atoms with E-state index < -0.39 is 0 Å². The van der Waals surface area contributed by atoms with Crippen molar-refractivity contribution in [3.05, 3.63) is 181 Å². The molecule has 0 N–H and O–H groups in total. The van der Waals surface area contributed by atoms with Crippen LogP contribution in [0.5, 0.6) is 0 Å². The van der Waals surface area contributed by atoms with Gasteiger partial charge < -0.3 is 4.57 Å². The lowest BCUT2D eigenvalue weighted by Gasteiger charge is -2.24. The molecule has 0 saturated heterocycles. The molecule has 250 valence electrons. The molecule has 53 heavy (non-hydrogen) atoms. The highest BCUT2D eigenvalue weighted by Gasteiger charge is 2.41. The van der Waals surface area contributed by atoms with Crippen molar-refractivity contribution in [1.82, 2.24) is 9.55 Å². The van der Waals surface area contributed by atoms with Crippen LogP contribution in [0.15, 0.2) is 170 Å². The summed E-state index contributed by atoms with van der Waals surface area (Å²) in [7, 11) is 0. The molecule has 11 rings (SSSR count). The van der Waals surface area contributed by atoms with Gasteiger partial charge in [0.15, 0.2) is 0 Å². The van der Waals surface area contributed by atoms with E-state index in [1.807, 2.05) is 11.3 Å². The summed E-state index contributed by atoms with van der Waals surface area (Å²) in [6.07, 6.45) is 0. The molecule has 1 aliphatic carbocycles. The summed E-state index contributed by atoms with van der Waals surface area (Å²) < 4.78 is 5.26. The molecule has 0 amide bonds. The first-order valence-electron chi connectivity index (χ1n) is 18.3. The lowest BCUT2D eigenvalue weighted by atomic mass is 9.81. The van der Waals surface area contributed by atoms with Crippen LogP contribution in [-0.4, -0.2) is 9.55 Å². The Balaban J connectivity index is 1.18. The Kier molecular flexibility index (Phi) is 6.50. The third kappa shape index (κ3) is 4.41. The SMILES string of the molecule is CC1(C)c2ccccc2-c2c1c1c(c3ccccc3n1-c1ccc(-c3cc(-c4ccccc4)cc(-c4ccccc4)n3)cc1)c1c2sc2ccccc21. The van der Waals surface area contributed by atoms with Gasteiger partial charge in [0.1, 0.15) is 0 Å². The summed E-state index contributed by atoms with van der Waals surface area (Å²) in [6, 6.07) is 61.6. The molecule has 1 aliphatic rings. The maximum absolute atomic E-state index is 5.23. The maximum Gasteiger partial charge on any atom is 0.0715 e. The molecule has 3 aromatic heterocycles.